The Morgan fingerprint density at radius 1 is 1.24 bits per heavy atom. The molecule has 0 aromatic heterocycles. The van der Waals surface area contributed by atoms with E-state index in [2.05, 4.69) is 33.9 Å². The Morgan fingerprint density at radius 2 is 1.92 bits per heavy atom. The summed E-state index contributed by atoms with van der Waals surface area (Å²) in [4.78, 5) is 12.9. The fourth-order valence-electron chi connectivity index (χ4n) is 2.58. The van der Waals surface area contributed by atoms with Gasteiger partial charge >= 0.3 is 6.09 Å². The summed E-state index contributed by atoms with van der Waals surface area (Å²) in [5, 5.41) is 18.1. The highest BCUT2D eigenvalue weighted by atomic mass is 32.2. The molecule has 1 heterocycles. The van der Waals surface area contributed by atoms with Crippen molar-refractivity contribution in [3.63, 3.8) is 0 Å². The number of carbonyl (C=O) groups is 1. The maximum absolute atomic E-state index is 11.4. The molecule has 2 atom stereocenters. The van der Waals surface area contributed by atoms with Crippen molar-refractivity contribution >= 4 is 26.2 Å². The van der Waals surface area contributed by atoms with Gasteiger partial charge in [0.1, 0.15) is 0 Å². The molecule has 1 aliphatic heterocycles. The zero-order valence-corrected chi connectivity index (χ0v) is 18.1. The highest BCUT2D eigenvalue weighted by Crippen LogP contribution is 2.39. The molecule has 1 aliphatic rings. The van der Waals surface area contributed by atoms with Gasteiger partial charge in [-0.25, -0.2) is 4.79 Å². The highest BCUT2D eigenvalue weighted by molar-refractivity contribution is 7.99. The van der Waals surface area contributed by atoms with E-state index < -0.39 is 14.4 Å². The van der Waals surface area contributed by atoms with E-state index in [9.17, 15) is 9.90 Å². The molecule has 0 spiro atoms. The molecule has 25 heavy (non-hydrogen) atoms. The van der Waals surface area contributed by atoms with Gasteiger partial charge in [-0.2, -0.15) is 11.8 Å². The number of ether oxygens (including phenoxy) is 1. The van der Waals surface area contributed by atoms with Crippen LogP contribution in [-0.4, -0.2) is 80.0 Å². The lowest BCUT2D eigenvalue weighted by atomic mass is 10.0. The zero-order chi connectivity index (χ0) is 19.1. The summed E-state index contributed by atoms with van der Waals surface area (Å²) >= 11 is 1.81. The normalized spacial score (nSPS) is 21.8. The van der Waals surface area contributed by atoms with Crippen molar-refractivity contribution in [2.45, 2.75) is 51.4 Å². The monoisotopic (exact) mass is 393 g/mol. The van der Waals surface area contributed by atoms with Crippen LogP contribution < -0.4 is 0 Å². The summed E-state index contributed by atoms with van der Waals surface area (Å²) in [6.45, 7) is 13.2. The van der Waals surface area contributed by atoms with Gasteiger partial charge in [0, 0.05) is 24.8 Å². The predicted molar refractivity (Wildman–Crippen MR) is 105 cm³/mol. The van der Waals surface area contributed by atoms with Crippen molar-refractivity contribution in [3.8, 4) is 0 Å². The molecule has 2 N–H and O–H groups in total. The predicted octanol–water partition coefficient (Wildman–Crippen LogP) is 3.12. The fourth-order valence-corrected chi connectivity index (χ4v) is 4.87. The summed E-state index contributed by atoms with van der Waals surface area (Å²) in [5.41, 5.74) is 0. The molecule has 0 aromatic carbocycles. The van der Waals surface area contributed by atoms with Crippen molar-refractivity contribution in [1.29, 1.82) is 0 Å². The molecular weight excluding hydrogens is 358 g/mol. The lowest BCUT2D eigenvalue weighted by Gasteiger charge is -2.39. The fraction of sp³-hybridized carbons (Fsp3) is 0.941. The second-order valence-corrected chi connectivity index (χ2v) is 14.1. The molecule has 6 nitrogen and oxygen atoms in total. The van der Waals surface area contributed by atoms with Crippen LogP contribution in [0.4, 0.5) is 4.79 Å². The molecule has 148 valence electrons. The molecule has 0 aliphatic carbocycles. The summed E-state index contributed by atoms with van der Waals surface area (Å²) in [6, 6.07) is 0. The van der Waals surface area contributed by atoms with Crippen LogP contribution in [0.2, 0.25) is 18.1 Å². The maximum Gasteiger partial charge on any atom is 0.407 e. The number of thioether (sulfide) groups is 1. The summed E-state index contributed by atoms with van der Waals surface area (Å²) in [7, 11) is -1.92. The van der Waals surface area contributed by atoms with Crippen LogP contribution in [0, 0.1) is 5.92 Å². The van der Waals surface area contributed by atoms with Gasteiger partial charge in [-0.1, -0.05) is 20.8 Å². The maximum atomic E-state index is 11.4. The number of hydrogen-bond donors (Lipinski definition) is 2. The Balaban J connectivity index is 2.51. The third-order valence-electron chi connectivity index (χ3n) is 5.14. The number of aliphatic hydroxyl groups excluding tert-OH is 1. The van der Waals surface area contributed by atoms with Gasteiger partial charge in [0.25, 0.3) is 0 Å². The Hall–Kier alpha value is -0.283. The molecule has 1 fully saturated rings. The molecule has 1 saturated heterocycles. The van der Waals surface area contributed by atoms with E-state index in [0.29, 0.717) is 26.3 Å². The van der Waals surface area contributed by atoms with E-state index in [1.807, 2.05) is 11.8 Å². The second kappa shape index (κ2) is 10.2. The van der Waals surface area contributed by atoms with Gasteiger partial charge in [-0.05, 0) is 30.3 Å². The first-order valence-electron chi connectivity index (χ1n) is 9.00. The van der Waals surface area contributed by atoms with Crippen molar-refractivity contribution in [1.82, 2.24) is 4.90 Å². The number of nitrogens with zero attached hydrogens (tertiary/aromatic N) is 1. The van der Waals surface area contributed by atoms with Crippen LogP contribution in [0.25, 0.3) is 0 Å². The molecule has 0 saturated carbocycles. The van der Waals surface area contributed by atoms with Crippen LogP contribution in [0.15, 0.2) is 0 Å². The number of carboxylic acid groups (broad SMARTS) is 1. The second-order valence-electron chi connectivity index (χ2n) is 8.10. The summed E-state index contributed by atoms with van der Waals surface area (Å²) in [6.07, 6.45) is 0.105. The van der Waals surface area contributed by atoms with Crippen LogP contribution in [0.1, 0.15) is 27.2 Å². The van der Waals surface area contributed by atoms with E-state index >= 15 is 0 Å². The first-order chi connectivity index (χ1) is 11.6. The largest absolute Gasteiger partial charge is 0.465 e. The lowest BCUT2D eigenvalue weighted by Crippen LogP contribution is -2.46. The Morgan fingerprint density at radius 3 is 2.48 bits per heavy atom. The number of aliphatic hydroxyl groups is 1. The smallest absolute Gasteiger partial charge is 0.407 e. The summed E-state index contributed by atoms with van der Waals surface area (Å²) in [5.74, 6) is 2.12. The van der Waals surface area contributed by atoms with Gasteiger partial charge in [0.2, 0.25) is 0 Å². The van der Waals surface area contributed by atoms with E-state index in [0.717, 1.165) is 17.9 Å². The minimum atomic E-state index is -1.92. The number of rotatable bonds is 10. The quantitative estimate of drug-likeness (QED) is 0.438. The van der Waals surface area contributed by atoms with Crippen molar-refractivity contribution < 1.29 is 24.2 Å². The van der Waals surface area contributed by atoms with Crippen molar-refractivity contribution in [3.05, 3.63) is 0 Å². The van der Waals surface area contributed by atoms with Gasteiger partial charge < -0.3 is 24.3 Å². The number of likely N-dealkylation sites (tertiary alicyclic amines) is 1. The topological polar surface area (TPSA) is 79.2 Å². The Kier molecular flexibility index (Phi) is 9.24. The standard InChI is InChI=1S/C17H35NO5SSi/c1-17(2,3)25(4,5)23-15-13-18(16(20)21)12-14(15)6-10-24-11-9-22-8-7-19/h14-15,19H,6-13H2,1-5H3,(H,20,21). The first-order valence-corrected chi connectivity index (χ1v) is 13.1. The Labute approximate surface area is 157 Å². The minimum Gasteiger partial charge on any atom is -0.465 e. The first kappa shape index (κ1) is 22.8. The number of amides is 1. The highest BCUT2D eigenvalue weighted by Gasteiger charge is 2.44. The van der Waals surface area contributed by atoms with E-state index in [-0.39, 0.29) is 23.7 Å². The van der Waals surface area contributed by atoms with Crippen molar-refractivity contribution in [2.24, 2.45) is 5.92 Å². The minimum absolute atomic E-state index is 0.00299. The van der Waals surface area contributed by atoms with Crippen LogP contribution in [0.5, 0.6) is 0 Å². The molecule has 1 rings (SSSR count). The van der Waals surface area contributed by atoms with Gasteiger partial charge in [-0.15, -0.1) is 0 Å². The third-order valence-corrected chi connectivity index (χ3v) is 10.6. The molecule has 2 unspecified atom stereocenters. The Bertz CT molecular complexity index is 416. The molecule has 0 radical (unpaired) electrons. The zero-order valence-electron chi connectivity index (χ0n) is 16.3. The van der Waals surface area contributed by atoms with E-state index in [1.165, 1.54) is 4.90 Å². The number of hydrogen-bond acceptors (Lipinski definition) is 5. The molecule has 0 bridgehead atoms. The average molecular weight is 394 g/mol. The van der Waals surface area contributed by atoms with Crippen LogP contribution >= 0.6 is 11.8 Å². The average Bonchev–Trinajstić information content (AvgIpc) is 2.88. The van der Waals surface area contributed by atoms with Crippen molar-refractivity contribution in [2.75, 3.05) is 44.4 Å². The van der Waals surface area contributed by atoms with E-state index in [4.69, 9.17) is 14.3 Å². The molecule has 1 amide bonds. The SMILES string of the molecule is CC(C)(C)[Si](C)(C)OC1CN(C(=O)O)CC1CCSCCOCCO. The lowest BCUT2D eigenvalue weighted by molar-refractivity contribution is 0.103. The van der Waals surface area contributed by atoms with E-state index in [1.54, 1.807) is 0 Å². The van der Waals surface area contributed by atoms with Gasteiger partial charge in [0.05, 0.1) is 25.9 Å². The third kappa shape index (κ3) is 7.46. The molecular formula is C17H35NO5SSi. The molecule has 8 heteroatoms. The summed E-state index contributed by atoms with van der Waals surface area (Å²) < 4.78 is 11.8. The van der Waals surface area contributed by atoms with Gasteiger partial charge in [-0.3, -0.25) is 0 Å². The van der Waals surface area contributed by atoms with Gasteiger partial charge in [0.15, 0.2) is 8.32 Å². The molecule has 0 aromatic rings. The van der Waals surface area contributed by atoms with Crippen LogP contribution in [-0.2, 0) is 9.16 Å². The van der Waals surface area contributed by atoms with Crippen LogP contribution in [0.3, 0.4) is 0 Å².